The van der Waals surface area contributed by atoms with E-state index >= 15 is 0 Å². The zero-order valence-electron chi connectivity index (χ0n) is 11.3. The summed E-state index contributed by atoms with van der Waals surface area (Å²) in [6.07, 6.45) is 3.28. The molecule has 0 atom stereocenters. The molecule has 0 unspecified atom stereocenters. The summed E-state index contributed by atoms with van der Waals surface area (Å²) in [6, 6.07) is 9.60. The van der Waals surface area contributed by atoms with E-state index in [1.807, 2.05) is 25.1 Å². The maximum Gasteiger partial charge on any atom is 0.305 e. The van der Waals surface area contributed by atoms with Gasteiger partial charge in [0.1, 0.15) is 6.07 Å². The standard InChI is InChI=1S/C15H20N2O2/c1-2-19-15(18)10-4-3-7-11-17-14-9-6-5-8-13(14)12-16/h5-6,8-9,17H,2-4,7,10-11H2,1H3. The van der Waals surface area contributed by atoms with Crippen LogP contribution in [-0.4, -0.2) is 19.1 Å². The molecular weight excluding hydrogens is 240 g/mol. The normalized spacial score (nSPS) is 9.68. The fourth-order valence-corrected chi connectivity index (χ4v) is 1.76. The lowest BCUT2D eigenvalue weighted by molar-refractivity contribution is -0.143. The van der Waals surface area contributed by atoms with Crippen molar-refractivity contribution in [3.05, 3.63) is 29.8 Å². The Morgan fingerprint density at radius 1 is 1.32 bits per heavy atom. The maximum absolute atomic E-state index is 11.1. The van der Waals surface area contributed by atoms with E-state index in [0.29, 0.717) is 18.6 Å². The van der Waals surface area contributed by atoms with Crippen molar-refractivity contribution in [2.75, 3.05) is 18.5 Å². The Balaban J connectivity index is 2.14. The number of rotatable bonds is 8. The highest BCUT2D eigenvalue weighted by molar-refractivity contribution is 5.69. The number of carbonyl (C=O) groups is 1. The monoisotopic (exact) mass is 260 g/mol. The van der Waals surface area contributed by atoms with Gasteiger partial charge in [-0.2, -0.15) is 5.26 Å². The van der Waals surface area contributed by atoms with Crippen LogP contribution in [0, 0.1) is 11.3 Å². The largest absolute Gasteiger partial charge is 0.466 e. The third-order valence-electron chi connectivity index (χ3n) is 2.73. The topological polar surface area (TPSA) is 62.1 Å². The number of nitriles is 1. The molecule has 0 saturated heterocycles. The van der Waals surface area contributed by atoms with Crippen molar-refractivity contribution in [1.29, 1.82) is 5.26 Å². The van der Waals surface area contributed by atoms with Crippen molar-refractivity contribution in [2.24, 2.45) is 0 Å². The zero-order chi connectivity index (χ0) is 13.9. The molecule has 0 aromatic heterocycles. The van der Waals surface area contributed by atoms with Crippen molar-refractivity contribution in [3.63, 3.8) is 0 Å². The van der Waals surface area contributed by atoms with E-state index < -0.39 is 0 Å². The van der Waals surface area contributed by atoms with E-state index in [1.165, 1.54) is 0 Å². The number of benzene rings is 1. The maximum atomic E-state index is 11.1. The Morgan fingerprint density at radius 2 is 2.11 bits per heavy atom. The van der Waals surface area contributed by atoms with Crippen LogP contribution in [-0.2, 0) is 9.53 Å². The number of anilines is 1. The van der Waals surface area contributed by atoms with Gasteiger partial charge in [0.2, 0.25) is 0 Å². The third kappa shape index (κ3) is 5.91. The SMILES string of the molecule is CCOC(=O)CCCCCNc1ccccc1C#N. The molecule has 1 aromatic carbocycles. The quantitative estimate of drug-likeness (QED) is 0.576. The van der Waals surface area contributed by atoms with Gasteiger partial charge in [-0.25, -0.2) is 0 Å². The average molecular weight is 260 g/mol. The number of ether oxygens (including phenoxy) is 1. The lowest BCUT2D eigenvalue weighted by Gasteiger charge is -2.07. The minimum absolute atomic E-state index is 0.120. The highest BCUT2D eigenvalue weighted by Crippen LogP contribution is 2.13. The van der Waals surface area contributed by atoms with Gasteiger partial charge in [-0.15, -0.1) is 0 Å². The lowest BCUT2D eigenvalue weighted by Crippen LogP contribution is -2.05. The Hall–Kier alpha value is -2.02. The molecule has 4 heteroatoms. The second-order valence-corrected chi connectivity index (χ2v) is 4.20. The van der Waals surface area contributed by atoms with Crippen LogP contribution < -0.4 is 5.32 Å². The first-order valence-electron chi connectivity index (χ1n) is 6.66. The first-order valence-corrected chi connectivity index (χ1v) is 6.66. The molecule has 1 rings (SSSR count). The first-order chi connectivity index (χ1) is 9.27. The molecule has 1 aromatic rings. The fourth-order valence-electron chi connectivity index (χ4n) is 1.76. The summed E-state index contributed by atoms with van der Waals surface area (Å²) >= 11 is 0. The summed E-state index contributed by atoms with van der Waals surface area (Å²) in [6.45, 7) is 3.07. The van der Waals surface area contributed by atoms with E-state index in [4.69, 9.17) is 10.00 Å². The summed E-state index contributed by atoms with van der Waals surface area (Å²) in [7, 11) is 0. The van der Waals surface area contributed by atoms with Crippen LogP contribution in [0.4, 0.5) is 5.69 Å². The number of hydrogen-bond acceptors (Lipinski definition) is 4. The van der Waals surface area contributed by atoms with Crippen LogP contribution in [0.5, 0.6) is 0 Å². The Bertz CT molecular complexity index is 438. The van der Waals surface area contributed by atoms with Gasteiger partial charge in [-0.1, -0.05) is 18.6 Å². The number of carbonyl (C=O) groups excluding carboxylic acids is 1. The van der Waals surface area contributed by atoms with Crippen LogP contribution in [0.2, 0.25) is 0 Å². The van der Waals surface area contributed by atoms with Gasteiger partial charge in [0, 0.05) is 13.0 Å². The number of para-hydroxylation sites is 1. The molecule has 1 N–H and O–H groups in total. The molecule has 4 nitrogen and oxygen atoms in total. The molecule has 0 heterocycles. The van der Waals surface area contributed by atoms with Gasteiger partial charge in [0.05, 0.1) is 17.9 Å². The van der Waals surface area contributed by atoms with Crippen LogP contribution in [0.1, 0.15) is 38.2 Å². The van der Waals surface area contributed by atoms with Gasteiger partial charge in [-0.05, 0) is 31.9 Å². The second-order valence-electron chi connectivity index (χ2n) is 4.20. The molecule has 0 aliphatic rings. The summed E-state index contributed by atoms with van der Waals surface area (Å²) < 4.78 is 4.86. The molecule has 0 aliphatic carbocycles. The average Bonchev–Trinajstić information content (AvgIpc) is 2.43. The molecule has 0 radical (unpaired) electrons. The van der Waals surface area contributed by atoms with Crippen LogP contribution >= 0.6 is 0 Å². The minimum Gasteiger partial charge on any atom is -0.466 e. The number of nitrogens with zero attached hydrogens (tertiary/aromatic N) is 1. The molecule has 0 spiro atoms. The fraction of sp³-hybridized carbons (Fsp3) is 0.467. The molecular formula is C15H20N2O2. The lowest BCUT2D eigenvalue weighted by atomic mass is 10.1. The van der Waals surface area contributed by atoms with Gasteiger partial charge in [0.25, 0.3) is 0 Å². The molecule has 102 valence electrons. The zero-order valence-corrected chi connectivity index (χ0v) is 11.3. The van der Waals surface area contributed by atoms with Gasteiger partial charge in [-0.3, -0.25) is 4.79 Å². The van der Waals surface area contributed by atoms with E-state index in [9.17, 15) is 4.79 Å². The van der Waals surface area contributed by atoms with Gasteiger partial charge in [0.15, 0.2) is 0 Å². The van der Waals surface area contributed by atoms with Crippen molar-refractivity contribution in [2.45, 2.75) is 32.6 Å². The molecule has 0 saturated carbocycles. The molecule has 0 amide bonds. The van der Waals surface area contributed by atoms with Crippen molar-refractivity contribution in [3.8, 4) is 6.07 Å². The smallest absolute Gasteiger partial charge is 0.305 e. The summed E-state index contributed by atoms with van der Waals surface area (Å²) in [5.74, 6) is -0.120. The number of esters is 1. The third-order valence-corrected chi connectivity index (χ3v) is 2.73. The van der Waals surface area contributed by atoms with E-state index in [-0.39, 0.29) is 5.97 Å². The molecule has 0 aliphatic heterocycles. The summed E-state index contributed by atoms with van der Waals surface area (Å²) in [5, 5.41) is 12.2. The van der Waals surface area contributed by atoms with Crippen molar-refractivity contribution < 1.29 is 9.53 Å². The Kier molecular flexibility index (Phi) is 7.11. The Morgan fingerprint density at radius 3 is 2.84 bits per heavy atom. The van der Waals surface area contributed by atoms with Crippen molar-refractivity contribution >= 4 is 11.7 Å². The Labute approximate surface area is 114 Å². The minimum atomic E-state index is -0.120. The number of nitrogens with one attached hydrogen (secondary N) is 1. The second kappa shape index (κ2) is 8.98. The van der Waals surface area contributed by atoms with Crippen molar-refractivity contribution in [1.82, 2.24) is 0 Å². The van der Waals surface area contributed by atoms with E-state index in [0.717, 1.165) is 31.5 Å². The van der Waals surface area contributed by atoms with E-state index in [2.05, 4.69) is 11.4 Å². The predicted molar refractivity (Wildman–Crippen MR) is 74.7 cm³/mol. The summed E-state index contributed by atoms with van der Waals surface area (Å²) in [4.78, 5) is 11.1. The molecule has 0 fully saturated rings. The highest BCUT2D eigenvalue weighted by Gasteiger charge is 2.01. The predicted octanol–water partition coefficient (Wildman–Crippen LogP) is 3.09. The van der Waals surface area contributed by atoms with Crippen LogP contribution in [0.3, 0.4) is 0 Å². The molecule has 19 heavy (non-hydrogen) atoms. The van der Waals surface area contributed by atoms with E-state index in [1.54, 1.807) is 6.07 Å². The number of hydrogen-bond donors (Lipinski definition) is 1. The van der Waals surface area contributed by atoms with Crippen LogP contribution in [0.25, 0.3) is 0 Å². The van der Waals surface area contributed by atoms with Crippen LogP contribution in [0.15, 0.2) is 24.3 Å². The first kappa shape index (κ1) is 15.0. The molecule has 0 bridgehead atoms. The highest BCUT2D eigenvalue weighted by atomic mass is 16.5. The van der Waals surface area contributed by atoms with Gasteiger partial charge < -0.3 is 10.1 Å². The van der Waals surface area contributed by atoms with Gasteiger partial charge >= 0.3 is 5.97 Å². The summed E-state index contributed by atoms with van der Waals surface area (Å²) in [5.41, 5.74) is 1.53. The number of unbranched alkanes of at least 4 members (excludes halogenated alkanes) is 2.